The number of aromatic nitrogens is 1. The predicted molar refractivity (Wildman–Crippen MR) is 62.9 cm³/mol. The van der Waals surface area contributed by atoms with E-state index in [-0.39, 0.29) is 0 Å². The zero-order chi connectivity index (χ0) is 10.7. The van der Waals surface area contributed by atoms with E-state index in [1.54, 1.807) is 0 Å². The Hall–Kier alpha value is -0.890. The van der Waals surface area contributed by atoms with Gasteiger partial charge in [0.25, 0.3) is 0 Å². The Kier molecular flexibility index (Phi) is 3.37. The molecular weight excluding hydrogens is 184 g/mol. The number of rotatable bonds is 3. The highest BCUT2D eigenvalue weighted by molar-refractivity contribution is 5.17. The van der Waals surface area contributed by atoms with Crippen LogP contribution < -0.4 is 5.32 Å². The van der Waals surface area contributed by atoms with E-state index in [1.165, 1.54) is 24.8 Å². The number of nitrogens with zero attached hydrogens (tertiary/aromatic N) is 1. The van der Waals surface area contributed by atoms with E-state index in [4.69, 9.17) is 0 Å². The Morgan fingerprint density at radius 3 is 2.73 bits per heavy atom. The molecule has 82 valence electrons. The summed E-state index contributed by atoms with van der Waals surface area (Å²) >= 11 is 0. The summed E-state index contributed by atoms with van der Waals surface area (Å²) in [5, 5.41) is 3.72. The number of pyridine rings is 1. The Bertz CT molecular complexity index is 297. The second kappa shape index (κ2) is 4.75. The quantitative estimate of drug-likeness (QED) is 0.819. The van der Waals surface area contributed by atoms with Crippen LogP contribution in [0.2, 0.25) is 0 Å². The van der Waals surface area contributed by atoms with Gasteiger partial charge in [0.15, 0.2) is 0 Å². The lowest BCUT2D eigenvalue weighted by Gasteiger charge is -2.21. The average Bonchev–Trinajstić information content (AvgIpc) is 2.78. The largest absolute Gasteiger partial charge is 0.311 e. The van der Waals surface area contributed by atoms with Crippen LogP contribution in [0.5, 0.6) is 0 Å². The summed E-state index contributed by atoms with van der Waals surface area (Å²) in [5.41, 5.74) is 1.40. The molecule has 15 heavy (non-hydrogen) atoms. The molecule has 1 aromatic heterocycles. The predicted octanol–water partition coefficient (Wildman–Crippen LogP) is 2.72. The van der Waals surface area contributed by atoms with Crippen LogP contribution in [-0.2, 0) is 0 Å². The van der Waals surface area contributed by atoms with Crippen LogP contribution in [0.1, 0.15) is 44.6 Å². The summed E-state index contributed by atoms with van der Waals surface area (Å²) in [5.74, 6) is 0.601. The molecule has 1 aromatic rings. The molecule has 0 spiro atoms. The lowest BCUT2D eigenvalue weighted by Crippen LogP contribution is -2.32. The molecule has 1 aliphatic heterocycles. The zero-order valence-corrected chi connectivity index (χ0v) is 9.61. The highest BCUT2D eigenvalue weighted by atomic mass is 15.0. The van der Waals surface area contributed by atoms with Gasteiger partial charge >= 0.3 is 0 Å². The van der Waals surface area contributed by atoms with Crippen LogP contribution in [0.25, 0.3) is 0 Å². The van der Waals surface area contributed by atoms with Crippen molar-refractivity contribution in [3.05, 3.63) is 30.1 Å². The van der Waals surface area contributed by atoms with Gasteiger partial charge in [-0.1, -0.05) is 13.8 Å². The molecular formula is C13H20N2. The molecule has 1 saturated heterocycles. The number of hydrogen-bond acceptors (Lipinski definition) is 2. The highest BCUT2D eigenvalue weighted by Gasteiger charge is 2.27. The van der Waals surface area contributed by atoms with Gasteiger partial charge in [0.05, 0.1) is 0 Å². The van der Waals surface area contributed by atoms with Gasteiger partial charge < -0.3 is 5.32 Å². The Morgan fingerprint density at radius 2 is 2.13 bits per heavy atom. The minimum absolute atomic E-state index is 0.601. The van der Waals surface area contributed by atoms with Crippen molar-refractivity contribution in [2.45, 2.75) is 51.1 Å². The third kappa shape index (κ3) is 2.37. The summed E-state index contributed by atoms with van der Waals surface area (Å²) < 4.78 is 0. The molecule has 1 fully saturated rings. The summed E-state index contributed by atoms with van der Waals surface area (Å²) in [6.07, 6.45) is 7.66. The number of hydrogen-bond donors (Lipinski definition) is 1. The van der Waals surface area contributed by atoms with Gasteiger partial charge in [0.1, 0.15) is 0 Å². The van der Waals surface area contributed by atoms with Gasteiger partial charge in [-0.05, 0) is 42.9 Å². The molecule has 2 heterocycles. The lowest BCUT2D eigenvalue weighted by atomic mass is 9.93. The van der Waals surface area contributed by atoms with Crippen molar-refractivity contribution in [1.29, 1.82) is 0 Å². The summed E-state index contributed by atoms with van der Waals surface area (Å²) in [7, 11) is 0. The van der Waals surface area contributed by atoms with Gasteiger partial charge in [-0.2, -0.15) is 0 Å². The lowest BCUT2D eigenvalue weighted by molar-refractivity contribution is 0.475. The van der Waals surface area contributed by atoms with E-state index in [9.17, 15) is 0 Å². The van der Waals surface area contributed by atoms with E-state index >= 15 is 0 Å². The molecule has 0 aliphatic carbocycles. The first kappa shape index (κ1) is 10.6. The SMILES string of the molecule is CC[C@@H]1CCC(C(C)c2ccncc2)N1. The maximum Gasteiger partial charge on any atom is 0.0270 e. The van der Waals surface area contributed by atoms with E-state index in [0.29, 0.717) is 12.0 Å². The van der Waals surface area contributed by atoms with Crippen molar-refractivity contribution in [2.75, 3.05) is 0 Å². The molecule has 2 rings (SSSR count). The topological polar surface area (TPSA) is 24.9 Å². The average molecular weight is 204 g/mol. The molecule has 2 unspecified atom stereocenters. The molecule has 1 N–H and O–H groups in total. The van der Waals surface area contributed by atoms with E-state index in [1.807, 2.05) is 12.4 Å². The first-order chi connectivity index (χ1) is 7.31. The third-order valence-electron chi connectivity index (χ3n) is 3.60. The maximum atomic E-state index is 4.07. The van der Waals surface area contributed by atoms with E-state index < -0.39 is 0 Å². The molecule has 0 aromatic carbocycles. The first-order valence-electron chi connectivity index (χ1n) is 5.97. The zero-order valence-electron chi connectivity index (χ0n) is 9.61. The molecule has 0 bridgehead atoms. The molecule has 0 radical (unpaired) electrons. The summed E-state index contributed by atoms with van der Waals surface area (Å²) in [6.45, 7) is 4.57. The molecule has 0 saturated carbocycles. The van der Waals surface area contributed by atoms with Crippen LogP contribution in [0.3, 0.4) is 0 Å². The highest BCUT2D eigenvalue weighted by Crippen LogP contribution is 2.27. The van der Waals surface area contributed by atoms with Crippen molar-refractivity contribution in [1.82, 2.24) is 10.3 Å². The Balaban J connectivity index is 2.00. The minimum atomic E-state index is 0.601. The second-order valence-electron chi connectivity index (χ2n) is 4.52. The van der Waals surface area contributed by atoms with Crippen LogP contribution in [0, 0.1) is 0 Å². The van der Waals surface area contributed by atoms with E-state index in [2.05, 4.69) is 36.3 Å². The third-order valence-corrected chi connectivity index (χ3v) is 3.60. The molecule has 2 heteroatoms. The normalized spacial score (nSPS) is 27.9. The minimum Gasteiger partial charge on any atom is -0.311 e. The fourth-order valence-corrected chi connectivity index (χ4v) is 2.47. The molecule has 2 nitrogen and oxygen atoms in total. The van der Waals surface area contributed by atoms with Crippen molar-refractivity contribution in [3.63, 3.8) is 0 Å². The van der Waals surface area contributed by atoms with Crippen LogP contribution in [0.4, 0.5) is 0 Å². The van der Waals surface area contributed by atoms with Crippen molar-refractivity contribution >= 4 is 0 Å². The first-order valence-corrected chi connectivity index (χ1v) is 5.97. The van der Waals surface area contributed by atoms with Crippen molar-refractivity contribution in [2.24, 2.45) is 0 Å². The van der Waals surface area contributed by atoms with Crippen molar-refractivity contribution in [3.8, 4) is 0 Å². The smallest absolute Gasteiger partial charge is 0.0270 e. The molecule has 0 amide bonds. The van der Waals surface area contributed by atoms with E-state index in [0.717, 1.165) is 6.04 Å². The molecule has 3 atom stereocenters. The summed E-state index contributed by atoms with van der Waals surface area (Å²) in [6, 6.07) is 5.65. The van der Waals surface area contributed by atoms with Gasteiger partial charge in [0.2, 0.25) is 0 Å². The van der Waals surface area contributed by atoms with Crippen LogP contribution >= 0.6 is 0 Å². The second-order valence-corrected chi connectivity index (χ2v) is 4.52. The standard InChI is InChI=1S/C13H20N2/c1-3-12-4-5-13(15-12)10(2)11-6-8-14-9-7-11/h6-10,12-13,15H,3-5H2,1-2H3/t10?,12-,13?/m1/s1. The summed E-state index contributed by atoms with van der Waals surface area (Å²) in [4.78, 5) is 4.07. The Morgan fingerprint density at radius 1 is 1.40 bits per heavy atom. The molecule has 1 aliphatic rings. The number of nitrogens with one attached hydrogen (secondary N) is 1. The van der Waals surface area contributed by atoms with Gasteiger partial charge in [-0.3, -0.25) is 4.98 Å². The van der Waals surface area contributed by atoms with Gasteiger partial charge in [-0.25, -0.2) is 0 Å². The van der Waals surface area contributed by atoms with Gasteiger partial charge in [-0.15, -0.1) is 0 Å². The monoisotopic (exact) mass is 204 g/mol. The fourth-order valence-electron chi connectivity index (χ4n) is 2.47. The van der Waals surface area contributed by atoms with Crippen LogP contribution in [0.15, 0.2) is 24.5 Å². The van der Waals surface area contributed by atoms with Crippen molar-refractivity contribution < 1.29 is 0 Å². The maximum absolute atomic E-state index is 4.07. The Labute approximate surface area is 92.1 Å². The van der Waals surface area contributed by atoms with Gasteiger partial charge in [0, 0.05) is 24.5 Å². The fraction of sp³-hybridized carbons (Fsp3) is 0.615. The van der Waals surface area contributed by atoms with Crippen LogP contribution in [-0.4, -0.2) is 17.1 Å².